The van der Waals surface area contributed by atoms with Gasteiger partial charge in [-0.1, -0.05) is 12.1 Å². The molecule has 0 aromatic heterocycles. The predicted octanol–water partition coefficient (Wildman–Crippen LogP) is 3.07. The van der Waals surface area contributed by atoms with Crippen LogP contribution in [0.1, 0.15) is 11.1 Å². The molecule has 0 atom stereocenters. The molecule has 2 aromatic rings. The summed E-state index contributed by atoms with van der Waals surface area (Å²) in [7, 11) is 1.63. The fraction of sp³-hybridized carbons (Fsp3) is 0.125. The quantitative estimate of drug-likeness (QED) is 0.848. The van der Waals surface area contributed by atoms with Gasteiger partial charge in [0.1, 0.15) is 5.75 Å². The van der Waals surface area contributed by atoms with Crippen molar-refractivity contribution in [2.75, 3.05) is 7.11 Å². The minimum atomic E-state index is -0.834. The van der Waals surface area contributed by atoms with Crippen LogP contribution in [0.5, 0.6) is 5.75 Å². The second-order valence-corrected chi connectivity index (χ2v) is 4.27. The van der Waals surface area contributed by atoms with Crippen molar-refractivity contribution < 1.29 is 14.6 Å². The van der Waals surface area contributed by atoms with E-state index in [9.17, 15) is 4.79 Å². The van der Waals surface area contributed by atoms with Crippen LogP contribution in [-0.4, -0.2) is 24.4 Å². The van der Waals surface area contributed by atoms with Crippen molar-refractivity contribution in [3.8, 4) is 5.75 Å². The first-order valence-corrected chi connectivity index (χ1v) is 6.16. The maximum absolute atomic E-state index is 10.6. The molecule has 1 N–H and O–H groups in total. The molecule has 0 aliphatic heterocycles. The van der Waals surface area contributed by atoms with Crippen molar-refractivity contribution in [1.29, 1.82) is 0 Å². The minimum absolute atomic E-state index is 0.0302. The van der Waals surface area contributed by atoms with E-state index < -0.39 is 5.97 Å². The molecule has 20 heavy (non-hydrogen) atoms. The summed E-state index contributed by atoms with van der Waals surface area (Å²) in [6.07, 6.45) is 1.79. The molecule has 0 radical (unpaired) electrons. The lowest BCUT2D eigenvalue weighted by molar-refractivity contribution is -0.136. The Hall–Kier alpha value is -2.62. The Labute approximate surface area is 117 Å². The Morgan fingerprint density at radius 3 is 2.35 bits per heavy atom. The van der Waals surface area contributed by atoms with E-state index in [-0.39, 0.29) is 6.42 Å². The highest BCUT2D eigenvalue weighted by molar-refractivity contribution is 5.82. The first-order valence-electron chi connectivity index (χ1n) is 6.16. The number of ether oxygens (including phenoxy) is 1. The van der Waals surface area contributed by atoms with Crippen LogP contribution in [0.25, 0.3) is 0 Å². The van der Waals surface area contributed by atoms with Gasteiger partial charge < -0.3 is 9.84 Å². The Morgan fingerprint density at radius 1 is 1.15 bits per heavy atom. The van der Waals surface area contributed by atoms with Gasteiger partial charge in [-0.25, -0.2) is 0 Å². The number of benzene rings is 2. The summed E-state index contributed by atoms with van der Waals surface area (Å²) in [5, 5.41) is 8.69. The van der Waals surface area contributed by atoms with Crippen molar-refractivity contribution in [3.05, 3.63) is 59.7 Å². The normalized spacial score (nSPS) is 10.7. The van der Waals surface area contributed by atoms with Crippen LogP contribution < -0.4 is 4.74 Å². The summed E-state index contributed by atoms with van der Waals surface area (Å²) >= 11 is 0. The molecule has 0 unspecified atom stereocenters. The molecule has 0 amide bonds. The van der Waals surface area contributed by atoms with E-state index in [1.165, 1.54) is 0 Å². The van der Waals surface area contributed by atoms with Gasteiger partial charge in [0.15, 0.2) is 0 Å². The summed E-state index contributed by atoms with van der Waals surface area (Å²) in [5.74, 6) is -0.0281. The largest absolute Gasteiger partial charge is 0.497 e. The Morgan fingerprint density at radius 2 is 1.80 bits per heavy atom. The van der Waals surface area contributed by atoms with Crippen molar-refractivity contribution >= 4 is 17.9 Å². The second kappa shape index (κ2) is 6.52. The molecule has 0 saturated heterocycles. The van der Waals surface area contributed by atoms with Gasteiger partial charge in [-0.3, -0.25) is 9.79 Å². The zero-order valence-corrected chi connectivity index (χ0v) is 11.1. The van der Waals surface area contributed by atoms with Crippen LogP contribution in [-0.2, 0) is 11.2 Å². The molecule has 4 nitrogen and oxygen atoms in total. The molecular weight excluding hydrogens is 254 g/mol. The Kier molecular flexibility index (Phi) is 4.50. The lowest BCUT2D eigenvalue weighted by Crippen LogP contribution is -1.99. The van der Waals surface area contributed by atoms with E-state index in [4.69, 9.17) is 9.84 Å². The number of aliphatic carboxylic acids is 1. The van der Waals surface area contributed by atoms with E-state index in [1.54, 1.807) is 37.6 Å². The molecule has 0 fully saturated rings. The lowest BCUT2D eigenvalue weighted by atomic mass is 10.1. The zero-order chi connectivity index (χ0) is 14.4. The Balaban J connectivity index is 2.04. The molecule has 2 aromatic carbocycles. The number of carbonyl (C=O) groups is 1. The molecular formula is C16H15NO3. The number of hydrogen-bond acceptors (Lipinski definition) is 3. The zero-order valence-electron chi connectivity index (χ0n) is 11.1. The number of carboxylic acids is 1. The summed E-state index contributed by atoms with van der Waals surface area (Å²) in [5.41, 5.74) is 2.52. The maximum Gasteiger partial charge on any atom is 0.307 e. The molecule has 0 bridgehead atoms. The van der Waals surface area contributed by atoms with E-state index >= 15 is 0 Å². The van der Waals surface area contributed by atoms with Crippen molar-refractivity contribution in [1.82, 2.24) is 0 Å². The van der Waals surface area contributed by atoms with E-state index in [2.05, 4.69) is 4.99 Å². The van der Waals surface area contributed by atoms with Gasteiger partial charge in [-0.2, -0.15) is 0 Å². The highest BCUT2D eigenvalue weighted by Gasteiger charge is 1.99. The van der Waals surface area contributed by atoms with Gasteiger partial charge in [0, 0.05) is 6.21 Å². The molecule has 0 saturated carbocycles. The molecule has 2 rings (SSSR count). The van der Waals surface area contributed by atoms with Gasteiger partial charge in [0.05, 0.1) is 19.2 Å². The lowest BCUT2D eigenvalue weighted by Gasteiger charge is -2.00. The third-order valence-corrected chi connectivity index (χ3v) is 2.77. The third-order valence-electron chi connectivity index (χ3n) is 2.77. The van der Waals surface area contributed by atoms with E-state index in [1.807, 2.05) is 24.3 Å². The number of hydrogen-bond donors (Lipinski definition) is 1. The standard InChI is InChI=1S/C16H15NO3/c1-20-15-8-4-13(5-9-15)11-17-14-6-2-12(3-7-14)10-16(18)19/h2-9,11H,10H2,1H3,(H,18,19). The summed E-state index contributed by atoms with van der Waals surface area (Å²) < 4.78 is 5.08. The highest BCUT2D eigenvalue weighted by Crippen LogP contribution is 2.15. The minimum Gasteiger partial charge on any atom is -0.497 e. The first-order chi connectivity index (χ1) is 9.67. The number of rotatable bonds is 5. The first kappa shape index (κ1) is 13.8. The third kappa shape index (κ3) is 3.95. The van der Waals surface area contributed by atoms with Crippen molar-refractivity contribution in [3.63, 3.8) is 0 Å². The molecule has 4 heteroatoms. The summed E-state index contributed by atoms with van der Waals surface area (Å²) in [4.78, 5) is 14.9. The van der Waals surface area contributed by atoms with Gasteiger partial charge in [-0.05, 0) is 47.5 Å². The predicted molar refractivity (Wildman–Crippen MR) is 78.0 cm³/mol. The fourth-order valence-electron chi connectivity index (χ4n) is 1.71. The molecule has 0 spiro atoms. The van der Waals surface area contributed by atoms with Gasteiger partial charge in [0.25, 0.3) is 0 Å². The molecule has 0 heterocycles. The van der Waals surface area contributed by atoms with Crippen molar-refractivity contribution in [2.45, 2.75) is 6.42 Å². The van der Waals surface area contributed by atoms with Gasteiger partial charge >= 0.3 is 5.97 Å². The van der Waals surface area contributed by atoms with Crippen LogP contribution in [0.3, 0.4) is 0 Å². The number of nitrogens with zero attached hydrogens (tertiary/aromatic N) is 1. The van der Waals surface area contributed by atoms with Crippen molar-refractivity contribution in [2.24, 2.45) is 4.99 Å². The number of aliphatic imine (C=N–C) groups is 1. The average molecular weight is 269 g/mol. The topological polar surface area (TPSA) is 58.9 Å². The molecule has 102 valence electrons. The number of carboxylic acid groups (broad SMARTS) is 1. The Bertz CT molecular complexity index is 601. The van der Waals surface area contributed by atoms with E-state index in [0.717, 1.165) is 22.6 Å². The van der Waals surface area contributed by atoms with E-state index in [0.29, 0.717) is 0 Å². The van der Waals surface area contributed by atoms with Crippen LogP contribution in [0.2, 0.25) is 0 Å². The smallest absolute Gasteiger partial charge is 0.307 e. The van der Waals surface area contributed by atoms with Gasteiger partial charge in [0.2, 0.25) is 0 Å². The van der Waals surface area contributed by atoms with Gasteiger partial charge in [-0.15, -0.1) is 0 Å². The second-order valence-electron chi connectivity index (χ2n) is 4.27. The molecule has 0 aliphatic rings. The molecule has 0 aliphatic carbocycles. The average Bonchev–Trinajstić information content (AvgIpc) is 2.46. The summed E-state index contributed by atoms with van der Waals surface area (Å²) in [6.45, 7) is 0. The van der Waals surface area contributed by atoms with Crippen LogP contribution >= 0.6 is 0 Å². The van der Waals surface area contributed by atoms with Crippen LogP contribution in [0.4, 0.5) is 5.69 Å². The fourth-order valence-corrected chi connectivity index (χ4v) is 1.71. The SMILES string of the molecule is COc1ccc(C=Nc2ccc(CC(=O)O)cc2)cc1. The van der Waals surface area contributed by atoms with Crippen LogP contribution in [0, 0.1) is 0 Å². The number of methoxy groups -OCH3 is 1. The highest BCUT2D eigenvalue weighted by atomic mass is 16.5. The summed E-state index contributed by atoms with van der Waals surface area (Å²) in [6, 6.07) is 14.7. The maximum atomic E-state index is 10.6. The van der Waals surface area contributed by atoms with Crippen LogP contribution in [0.15, 0.2) is 53.5 Å². The monoisotopic (exact) mass is 269 g/mol.